The van der Waals surface area contributed by atoms with Gasteiger partial charge in [0.15, 0.2) is 0 Å². The molecule has 2 rings (SSSR count). The van der Waals surface area contributed by atoms with Gasteiger partial charge in [0.05, 0.1) is 0 Å². The standard InChI is InChI=1S/C6H10/c1-2-5-4-6(5)3-1/h5-6H,1-4H2/i4D. The third-order valence-corrected chi connectivity index (χ3v) is 1.98. The second kappa shape index (κ2) is 0.800. The Morgan fingerprint density at radius 3 is 2.33 bits per heavy atom. The molecule has 2 saturated carbocycles. The summed E-state index contributed by atoms with van der Waals surface area (Å²) in [6, 6.07) is 0. The maximum absolute atomic E-state index is 7.31. The highest BCUT2D eigenvalue weighted by Crippen LogP contribution is 2.51. The van der Waals surface area contributed by atoms with E-state index in [1.165, 1.54) is 19.3 Å². The molecule has 2 unspecified atom stereocenters. The van der Waals surface area contributed by atoms with Gasteiger partial charge in [0.25, 0.3) is 0 Å². The Kier molecular flexibility index (Phi) is 0.312. The fraction of sp³-hybridized carbons (Fsp3) is 1.00. The van der Waals surface area contributed by atoms with Gasteiger partial charge in [-0.3, -0.25) is 0 Å². The van der Waals surface area contributed by atoms with Gasteiger partial charge in [-0.25, -0.2) is 0 Å². The van der Waals surface area contributed by atoms with Crippen LogP contribution in [0.2, 0.25) is 0 Å². The van der Waals surface area contributed by atoms with E-state index in [0.29, 0.717) is 6.40 Å². The predicted molar refractivity (Wildman–Crippen MR) is 25.4 cm³/mol. The van der Waals surface area contributed by atoms with Gasteiger partial charge in [-0.2, -0.15) is 0 Å². The van der Waals surface area contributed by atoms with E-state index in [0.717, 1.165) is 11.8 Å². The quantitative estimate of drug-likeness (QED) is 0.419. The normalized spacial score (nSPS) is 66.7. The maximum Gasteiger partial charge on any atom is 0.0272 e. The van der Waals surface area contributed by atoms with Crippen molar-refractivity contribution in [2.45, 2.75) is 25.7 Å². The van der Waals surface area contributed by atoms with Crippen LogP contribution in [0.1, 0.15) is 27.0 Å². The second-order valence-corrected chi connectivity index (χ2v) is 2.45. The molecule has 0 heterocycles. The van der Waals surface area contributed by atoms with Gasteiger partial charge >= 0.3 is 0 Å². The van der Waals surface area contributed by atoms with Crippen molar-refractivity contribution in [3.8, 4) is 0 Å². The van der Waals surface area contributed by atoms with Crippen LogP contribution in [0.15, 0.2) is 0 Å². The molecule has 0 bridgehead atoms. The smallest absolute Gasteiger partial charge is 0.0272 e. The minimum atomic E-state index is 0.369. The van der Waals surface area contributed by atoms with Crippen LogP contribution in [0, 0.1) is 11.8 Å². The highest BCUT2D eigenvalue weighted by atomic mass is 14.5. The van der Waals surface area contributed by atoms with Crippen LogP contribution in [-0.2, 0) is 0 Å². The van der Waals surface area contributed by atoms with Gasteiger partial charge in [-0.15, -0.1) is 0 Å². The zero-order valence-corrected chi connectivity index (χ0v) is 3.85. The lowest BCUT2D eigenvalue weighted by atomic mass is 10.3. The maximum atomic E-state index is 7.31. The molecule has 0 heteroatoms. The van der Waals surface area contributed by atoms with Crippen molar-refractivity contribution in [2.75, 3.05) is 0 Å². The Hall–Kier alpha value is 0. The van der Waals surface area contributed by atoms with Crippen molar-refractivity contribution in [3.05, 3.63) is 0 Å². The Labute approximate surface area is 40.0 Å². The molecule has 0 aromatic carbocycles. The molecule has 0 radical (unpaired) electrons. The van der Waals surface area contributed by atoms with Gasteiger partial charge in [0.1, 0.15) is 0 Å². The summed E-state index contributed by atoms with van der Waals surface area (Å²) in [6.45, 7) is 0. The summed E-state index contributed by atoms with van der Waals surface area (Å²) in [4.78, 5) is 0. The summed E-state index contributed by atoms with van der Waals surface area (Å²) in [5, 5.41) is 0. The Balaban J connectivity index is 2.06. The summed E-state index contributed by atoms with van der Waals surface area (Å²) in [7, 11) is 0. The molecule has 0 aliphatic heterocycles. The molecular formula is C6H10. The first kappa shape index (κ1) is 2.34. The van der Waals surface area contributed by atoms with Crippen LogP contribution in [0.25, 0.3) is 0 Å². The van der Waals surface area contributed by atoms with E-state index in [4.69, 9.17) is 1.37 Å². The van der Waals surface area contributed by atoms with Gasteiger partial charge in [-0.1, -0.05) is 19.3 Å². The lowest BCUT2D eigenvalue weighted by Gasteiger charge is -1.80. The molecule has 0 N–H and O–H groups in total. The summed E-state index contributed by atoms with van der Waals surface area (Å²) < 4.78 is 7.31. The second-order valence-electron chi connectivity index (χ2n) is 2.45. The van der Waals surface area contributed by atoms with E-state index < -0.39 is 0 Å². The number of rotatable bonds is 0. The fourth-order valence-corrected chi connectivity index (χ4v) is 1.46. The molecule has 0 amide bonds. The average molecular weight is 83.2 g/mol. The molecule has 34 valence electrons. The van der Waals surface area contributed by atoms with E-state index in [1.54, 1.807) is 0 Å². The molecule has 0 nitrogen and oxygen atoms in total. The molecule has 2 fully saturated rings. The predicted octanol–water partition coefficient (Wildman–Crippen LogP) is 1.81. The van der Waals surface area contributed by atoms with Crippen LogP contribution in [0.5, 0.6) is 0 Å². The lowest BCUT2D eigenvalue weighted by molar-refractivity contribution is 0.735. The number of hydrogen-bond donors (Lipinski definition) is 0. The van der Waals surface area contributed by atoms with E-state index in [1.807, 2.05) is 0 Å². The van der Waals surface area contributed by atoms with Gasteiger partial charge in [0, 0.05) is 1.37 Å². The Morgan fingerprint density at radius 1 is 1.33 bits per heavy atom. The number of fused-ring (bicyclic) bond motifs is 1. The zero-order valence-electron chi connectivity index (χ0n) is 4.85. The van der Waals surface area contributed by atoms with Gasteiger partial charge < -0.3 is 0 Å². The fourth-order valence-electron chi connectivity index (χ4n) is 1.46. The number of hydrogen-bond acceptors (Lipinski definition) is 0. The molecule has 0 aromatic heterocycles. The highest BCUT2D eigenvalue weighted by molar-refractivity contribution is 4.91. The van der Waals surface area contributed by atoms with Gasteiger partial charge in [-0.05, 0) is 18.2 Å². The molecule has 2 aliphatic carbocycles. The van der Waals surface area contributed by atoms with Crippen molar-refractivity contribution in [3.63, 3.8) is 0 Å². The largest absolute Gasteiger partial charge is 0.0528 e. The zero-order chi connectivity index (χ0) is 4.85. The van der Waals surface area contributed by atoms with Crippen LogP contribution in [0.4, 0.5) is 0 Å². The molecule has 2 atom stereocenters. The monoisotopic (exact) mass is 83.1 g/mol. The van der Waals surface area contributed by atoms with Crippen LogP contribution in [0.3, 0.4) is 0 Å². The van der Waals surface area contributed by atoms with Crippen LogP contribution >= 0.6 is 0 Å². The van der Waals surface area contributed by atoms with Crippen LogP contribution in [-0.4, -0.2) is 0 Å². The first-order valence-corrected chi connectivity index (χ1v) is 2.82. The van der Waals surface area contributed by atoms with Gasteiger partial charge in [0.2, 0.25) is 0 Å². The molecule has 0 aromatic rings. The lowest BCUT2D eigenvalue weighted by Crippen LogP contribution is -1.64. The van der Waals surface area contributed by atoms with E-state index in [2.05, 4.69) is 0 Å². The van der Waals surface area contributed by atoms with Crippen molar-refractivity contribution >= 4 is 0 Å². The van der Waals surface area contributed by atoms with Crippen molar-refractivity contribution < 1.29 is 1.37 Å². The third kappa shape index (κ3) is 0.250. The summed E-state index contributed by atoms with van der Waals surface area (Å²) in [5.74, 6) is 1.69. The third-order valence-electron chi connectivity index (χ3n) is 1.98. The molecule has 0 spiro atoms. The van der Waals surface area contributed by atoms with E-state index in [-0.39, 0.29) is 0 Å². The summed E-state index contributed by atoms with van der Waals surface area (Å²) >= 11 is 0. The van der Waals surface area contributed by atoms with Crippen molar-refractivity contribution in [2.24, 2.45) is 11.8 Å². The average Bonchev–Trinajstić information content (AvgIpc) is 2.26. The van der Waals surface area contributed by atoms with Crippen LogP contribution < -0.4 is 0 Å². The van der Waals surface area contributed by atoms with Crippen molar-refractivity contribution in [1.82, 2.24) is 0 Å². The summed E-state index contributed by atoms with van der Waals surface area (Å²) in [5.41, 5.74) is 0. The molecule has 2 aliphatic rings. The molecule has 6 heavy (non-hydrogen) atoms. The van der Waals surface area contributed by atoms with Crippen molar-refractivity contribution in [1.29, 1.82) is 0 Å². The molecular weight excluding hydrogens is 72.1 g/mol. The Bertz CT molecular complexity index is 80.2. The first-order valence-electron chi connectivity index (χ1n) is 3.39. The SMILES string of the molecule is [2H]C1C2CCCC12. The topological polar surface area (TPSA) is 0 Å². The van der Waals surface area contributed by atoms with E-state index >= 15 is 0 Å². The minimum absolute atomic E-state index is 0.369. The highest BCUT2D eigenvalue weighted by Gasteiger charge is 2.40. The minimum Gasteiger partial charge on any atom is -0.0528 e. The first-order chi connectivity index (χ1) is 3.39. The van der Waals surface area contributed by atoms with E-state index in [9.17, 15) is 0 Å². The molecule has 0 saturated heterocycles. The summed E-state index contributed by atoms with van der Waals surface area (Å²) in [6.07, 6.45) is 4.50. The Morgan fingerprint density at radius 2 is 2.00 bits per heavy atom.